The van der Waals surface area contributed by atoms with Crippen molar-refractivity contribution in [2.24, 2.45) is 5.41 Å². The Balaban J connectivity index is 2.12. The molecule has 2 rings (SSSR count). The normalized spacial score (nSPS) is 26.7. The Kier molecular flexibility index (Phi) is 4.90. The van der Waals surface area contributed by atoms with Crippen LogP contribution >= 0.6 is 0 Å². The third-order valence-electron chi connectivity index (χ3n) is 4.23. The summed E-state index contributed by atoms with van der Waals surface area (Å²) in [6.45, 7) is 5.45. The molecule has 6 heteroatoms. The van der Waals surface area contributed by atoms with Crippen LogP contribution in [0.3, 0.4) is 0 Å². The molecule has 21 heavy (non-hydrogen) atoms. The summed E-state index contributed by atoms with van der Waals surface area (Å²) in [6, 6.07) is 0. The lowest BCUT2D eigenvalue weighted by Crippen LogP contribution is -2.55. The number of aliphatic hydroxyl groups excluding tert-OH is 1. The van der Waals surface area contributed by atoms with Crippen LogP contribution in [0.5, 0.6) is 0 Å². The summed E-state index contributed by atoms with van der Waals surface area (Å²) in [5.41, 5.74) is -0.0915. The average Bonchev–Trinajstić information content (AvgIpc) is 2.45. The Bertz CT molecular complexity index is 491. The van der Waals surface area contributed by atoms with E-state index in [1.54, 1.807) is 12.4 Å². The number of piperidine rings is 1. The smallest absolute Gasteiger partial charge is 0.313 e. The Morgan fingerprint density at radius 2 is 2.14 bits per heavy atom. The Morgan fingerprint density at radius 1 is 1.48 bits per heavy atom. The monoisotopic (exact) mass is 293 g/mol. The van der Waals surface area contributed by atoms with Crippen LogP contribution in [-0.4, -0.2) is 50.2 Å². The standard InChI is InChI=1S/C15H23N3O3/c1-3-5-15(14(20)21)10-18(6-4-13(15)19)9-12-7-16-11(2)17-8-12/h7-8,13,19H,3-6,9-10H2,1-2H3,(H,20,21)/t13-,15+/m0/s1. The predicted octanol–water partition coefficient (Wildman–Crippen LogP) is 1.22. The minimum atomic E-state index is -1.06. The fourth-order valence-corrected chi connectivity index (χ4v) is 3.07. The third-order valence-corrected chi connectivity index (χ3v) is 4.23. The second-order valence-corrected chi connectivity index (χ2v) is 5.86. The maximum atomic E-state index is 11.7. The number of aliphatic hydroxyl groups is 1. The van der Waals surface area contributed by atoms with E-state index >= 15 is 0 Å². The van der Waals surface area contributed by atoms with E-state index in [0.29, 0.717) is 32.5 Å². The number of aliphatic carboxylic acids is 1. The lowest BCUT2D eigenvalue weighted by molar-refractivity contribution is -0.164. The zero-order chi connectivity index (χ0) is 15.5. The largest absolute Gasteiger partial charge is 0.481 e. The van der Waals surface area contributed by atoms with E-state index in [1.807, 2.05) is 13.8 Å². The van der Waals surface area contributed by atoms with Crippen LogP contribution in [0, 0.1) is 12.3 Å². The number of aryl methyl sites for hydroxylation is 1. The van der Waals surface area contributed by atoms with Crippen molar-refractivity contribution in [2.45, 2.75) is 45.8 Å². The first-order chi connectivity index (χ1) is 9.98. The number of rotatable bonds is 5. The summed E-state index contributed by atoms with van der Waals surface area (Å²) in [4.78, 5) is 22.1. The summed E-state index contributed by atoms with van der Waals surface area (Å²) < 4.78 is 0. The van der Waals surface area contributed by atoms with Crippen molar-refractivity contribution in [3.63, 3.8) is 0 Å². The van der Waals surface area contributed by atoms with Crippen molar-refractivity contribution in [3.8, 4) is 0 Å². The van der Waals surface area contributed by atoms with Gasteiger partial charge in [0.15, 0.2) is 0 Å². The van der Waals surface area contributed by atoms with E-state index in [-0.39, 0.29) is 0 Å². The summed E-state index contributed by atoms with van der Waals surface area (Å²) >= 11 is 0. The number of nitrogens with zero attached hydrogens (tertiary/aromatic N) is 3. The molecule has 0 aliphatic carbocycles. The van der Waals surface area contributed by atoms with Crippen LogP contribution in [0.2, 0.25) is 0 Å². The van der Waals surface area contributed by atoms with Crippen molar-refractivity contribution < 1.29 is 15.0 Å². The third kappa shape index (κ3) is 3.39. The SMILES string of the molecule is CCC[C@@]1(C(=O)O)CN(Cc2cnc(C)nc2)CC[C@@H]1O. The zero-order valence-electron chi connectivity index (χ0n) is 12.6. The van der Waals surface area contributed by atoms with Gasteiger partial charge in [0.1, 0.15) is 11.2 Å². The fourth-order valence-electron chi connectivity index (χ4n) is 3.07. The van der Waals surface area contributed by atoms with Crippen LogP contribution in [0.15, 0.2) is 12.4 Å². The van der Waals surface area contributed by atoms with Gasteiger partial charge in [-0.15, -0.1) is 0 Å². The highest BCUT2D eigenvalue weighted by atomic mass is 16.4. The maximum absolute atomic E-state index is 11.7. The summed E-state index contributed by atoms with van der Waals surface area (Å²) in [5, 5.41) is 19.8. The van der Waals surface area contributed by atoms with Crippen molar-refractivity contribution in [2.75, 3.05) is 13.1 Å². The number of aromatic nitrogens is 2. The van der Waals surface area contributed by atoms with Gasteiger partial charge in [-0.05, 0) is 19.8 Å². The molecule has 0 radical (unpaired) electrons. The van der Waals surface area contributed by atoms with E-state index < -0.39 is 17.5 Å². The number of carboxylic acids is 1. The maximum Gasteiger partial charge on any atom is 0.313 e. The molecular weight excluding hydrogens is 270 g/mol. The van der Waals surface area contributed by atoms with Crippen molar-refractivity contribution in [1.82, 2.24) is 14.9 Å². The van der Waals surface area contributed by atoms with Gasteiger partial charge in [0.05, 0.1) is 6.10 Å². The lowest BCUT2D eigenvalue weighted by Gasteiger charge is -2.43. The van der Waals surface area contributed by atoms with Gasteiger partial charge in [0.25, 0.3) is 0 Å². The molecule has 2 atom stereocenters. The van der Waals surface area contributed by atoms with E-state index in [0.717, 1.165) is 17.8 Å². The number of hydrogen-bond donors (Lipinski definition) is 2. The molecule has 0 bridgehead atoms. The topological polar surface area (TPSA) is 86.5 Å². The zero-order valence-corrected chi connectivity index (χ0v) is 12.6. The number of hydrogen-bond acceptors (Lipinski definition) is 5. The molecule has 1 aromatic rings. The van der Waals surface area contributed by atoms with Gasteiger partial charge < -0.3 is 10.2 Å². The Morgan fingerprint density at radius 3 is 2.71 bits per heavy atom. The van der Waals surface area contributed by atoms with E-state index in [4.69, 9.17) is 0 Å². The van der Waals surface area contributed by atoms with Crippen molar-refractivity contribution >= 4 is 5.97 Å². The molecule has 1 fully saturated rings. The van der Waals surface area contributed by atoms with Crippen LogP contribution < -0.4 is 0 Å². The molecule has 0 unspecified atom stereocenters. The fraction of sp³-hybridized carbons (Fsp3) is 0.667. The van der Waals surface area contributed by atoms with E-state index in [2.05, 4.69) is 14.9 Å². The first kappa shape index (κ1) is 15.9. The van der Waals surface area contributed by atoms with Crippen LogP contribution in [-0.2, 0) is 11.3 Å². The molecule has 2 heterocycles. The number of carboxylic acid groups (broad SMARTS) is 1. The lowest BCUT2D eigenvalue weighted by atomic mass is 9.74. The summed E-state index contributed by atoms with van der Waals surface area (Å²) in [6.07, 6.45) is 4.49. The number of likely N-dealkylation sites (tertiary alicyclic amines) is 1. The summed E-state index contributed by atoms with van der Waals surface area (Å²) in [7, 11) is 0. The second-order valence-electron chi connectivity index (χ2n) is 5.86. The Hall–Kier alpha value is -1.53. The molecule has 2 N–H and O–H groups in total. The van der Waals surface area contributed by atoms with Gasteiger partial charge in [-0.2, -0.15) is 0 Å². The summed E-state index contributed by atoms with van der Waals surface area (Å²) in [5.74, 6) is -0.180. The highest BCUT2D eigenvalue weighted by Crippen LogP contribution is 2.36. The molecule has 1 saturated heterocycles. The minimum absolute atomic E-state index is 0.366. The molecule has 1 aliphatic heterocycles. The van der Waals surface area contributed by atoms with E-state index in [9.17, 15) is 15.0 Å². The predicted molar refractivity (Wildman–Crippen MR) is 77.6 cm³/mol. The highest BCUT2D eigenvalue weighted by molar-refractivity contribution is 5.76. The first-order valence-electron chi connectivity index (χ1n) is 7.39. The molecule has 1 aliphatic rings. The van der Waals surface area contributed by atoms with Gasteiger partial charge in [0.2, 0.25) is 0 Å². The van der Waals surface area contributed by atoms with Gasteiger partial charge >= 0.3 is 5.97 Å². The average molecular weight is 293 g/mol. The highest BCUT2D eigenvalue weighted by Gasteiger charge is 2.48. The van der Waals surface area contributed by atoms with Crippen molar-refractivity contribution in [1.29, 1.82) is 0 Å². The molecule has 0 spiro atoms. The molecule has 0 aromatic carbocycles. The minimum Gasteiger partial charge on any atom is -0.481 e. The van der Waals surface area contributed by atoms with E-state index in [1.165, 1.54) is 0 Å². The second kappa shape index (κ2) is 6.49. The molecule has 0 amide bonds. The van der Waals surface area contributed by atoms with Crippen LogP contribution in [0.4, 0.5) is 0 Å². The van der Waals surface area contributed by atoms with Gasteiger partial charge in [0, 0.05) is 37.6 Å². The van der Waals surface area contributed by atoms with Gasteiger partial charge in [-0.3, -0.25) is 9.69 Å². The van der Waals surface area contributed by atoms with Gasteiger partial charge in [-0.25, -0.2) is 9.97 Å². The van der Waals surface area contributed by atoms with Crippen molar-refractivity contribution in [3.05, 3.63) is 23.8 Å². The molecule has 6 nitrogen and oxygen atoms in total. The molecule has 116 valence electrons. The molecule has 0 saturated carbocycles. The Labute approximate surface area is 124 Å². The van der Waals surface area contributed by atoms with Crippen LogP contribution in [0.25, 0.3) is 0 Å². The quantitative estimate of drug-likeness (QED) is 0.849. The first-order valence-corrected chi connectivity index (χ1v) is 7.39. The number of carbonyl (C=O) groups is 1. The molecule has 1 aromatic heterocycles. The van der Waals surface area contributed by atoms with Crippen LogP contribution in [0.1, 0.15) is 37.6 Å². The van der Waals surface area contributed by atoms with Gasteiger partial charge in [-0.1, -0.05) is 13.3 Å². The molecular formula is C15H23N3O3.